The summed E-state index contributed by atoms with van der Waals surface area (Å²) in [5, 5.41) is 0. The van der Waals surface area contributed by atoms with Crippen LogP contribution in [0.25, 0.3) is 0 Å². The van der Waals surface area contributed by atoms with Gasteiger partial charge >= 0.3 is 5.97 Å². The number of aromatic nitrogens is 1. The molecule has 2 aliphatic rings. The lowest BCUT2D eigenvalue weighted by Gasteiger charge is -2.27. The minimum atomic E-state index is -0.392. The van der Waals surface area contributed by atoms with E-state index in [1.165, 1.54) is 43.9 Å². The maximum atomic E-state index is 13.7. The Labute approximate surface area is 201 Å². The molecule has 6 heteroatoms. The van der Waals surface area contributed by atoms with E-state index in [4.69, 9.17) is 4.74 Å². The first-order valence-electron chi connectivity index (χ1n) is 12.8. The van der Waals surface area contributed by atoms with Gasteiger partial charge in [0.15, 0.2) is 0 Å². The Morgan fingerprint density at radius 3 is 2.29 bits per heavy atom. The summed E-state index contributed by atoms with van der Waals surface area (Å²) < 4.78 is 7.05. The van der Waals surface area contributed by atoms with Gasteiger partial charge < -0.3 is 14.2 Å². The van der Waals surface area contributed by atoms with Gasteiger partial charge in [-0.2, -0.15) is 0 Å². The first kappa shape index (κ1) is 24.2. The third-order valence-corrected chi connectivity index (χ3v) is 7.29. The van der Waals surface area contributed by atoms with E-state index >= 15 is 0 Å². The molecule has 0 saturated heterocycles. The van der Waals surface area contributed by atoms with Gasteiger partial charge in [-0.15, -0.1) is 0 Å². The lowest BCUT2D eigenvalue weighted by molar-refractivity contribution is -0.131. The van der Waals surface area contributed by atoms with Gasteiger partial charge in [-0.25, -0.2) is 0 Å². The standard InChI is InChI=1S/C28H36N2O4/c1-20(31)34-24-16-14-23(15-17-24)29(2)27(32)25-18-22-12-8-3-4-9-13-26(22)30(28(25)33)19-21-10-6-5-7-11-21/h14-18,21H,3-13,19H2,1-2H3. The van der Waals surface area contributed by atoms with Crippen molar-refractivity contribution in [3.8, 4) is 5.75 Å². The van der Waals surface area contributed by atoms with Crippen LogP contribution in [0.15, 0.2) is 35.1 Å². The van der Waals surface area contributed by atoms with E-state index in [-0.39, 0.29) is 17.0 Å². The monoisotopic (exact) mass is 464 g/mol. The van der Waals surface area contributed by atoms with Gasteiger partial charge in [0, 0.05) is 31.9 Å². The molecular weight excluding hydrogens is 428 g/mol. The molecular formula is C28H36N2O4. The number of esters is 1. The molecule has 1 amide bonds. The lowest BCUT2D eigenvalue weighted by atomic mass is 9.88. The van der Waals surface area contributed by atoms with Crippen LogP contribution in [0.5, 0.6) is 5.75 Å². The van der Waals surface area contributed by atoms with Crippen LogP contribution in [0.3, 0.4) is 0 Å². The van der Waals surface area contributed by atoms with Gasteiger partial charge in [0.1, 0.15) is 11.3 Å². The number of benzene rings is 1. The first-order valence-corrected chi connectivity index (χ1v) is 12.8. The van der Waals surface area contributed by atoms with Crippen molar-refractivity contribution in [2.24, 2.45) is 5.92 Å². The fourth-order valence-corrected chi connectivity index (χ4v) is 5.41. The molecule has 0 aliphatic heterocycles. The van der Waals surface area contributed by atoms with Crippen LogP contribution < -0.4 is 15.2 Å². The number of aryl methyl sites for hydroxylation is 1. The third kappa shape index (κ3) is 5.60. The molecule has 0 bridgehead atoms. The highest BCUT2D eigenvalue weighted by molar-refractivity contribution is 6.05. The predicted molar refractivity (Wildman–Crippen MR) is 134 cm³/mol. The predicted octanol–water partition coefficient (Wildman–Crippen LogP) is 5.29. The molecule has 2 aliphatic carbocycles. The van der Waals surface area contributed by atoms with Crippen molar-refractivity contribution >= 4 is 17.6 Å². The molecule has 6 nitrogen and oxygen atoms in total. The number of amides is 1. The number of carbonyl (C=O) groups is 2. The van der Waals surface area contributed by atoms with Crippen molar-refractivity contribution in [3.05, 3.63) is 57.5 Å². The average Bonchev–Trinajstić information content (AvgIpc) is 2.81. The van der Waals surface area contributed by atoms with Crippen molar-refractivity contribution in [3.63, 3.8) is 0 Å². The zero-order chi connectivity index (χ0) is 24.1. The molecule has 1 heterocycles. The summed E-state index contributed by atoms with van der Waals surface area (Å²) in [5.74, 6) is 0.245. The van der Waals surface area contributed by atoms with E-state index in [0.29, 0.717) is 17.4 Å². The van der Waals surface area contributed by atoms with Gasteiger partial charge in [0.05, 0.1) is 0 Å². The molecule has 4 rings (SSSR count). The maximum Gasteiger partial charge on any atom is 0.308 e. The molecule has 1 aromatic carbocycles. The molecule has 1 aromatic heterocycles. The summed E-state index contributed by atoms with van der Waals surface area (Å²) in [6, 6.07) is 8.63. The molecule has 0 atom stereocenters. The number of hydrogen-bond donors (Lipinski definition) is 0. The Hall–Kier alpha value is -2.89. The van der Waals surface area contributed by atoms with Crippen LogP contribution in [-0.4, -0.2) is 23.5 Å². The van der Waals surface area contributed by atoms with Crippen LogP contribution in [0, 0.1) is 5.92 Å². The van der Waals surface area contributed by atoms with Gasteiger partial charge in [0.2, 0.25) is 0 Å². The summed E-state index contributed by atoms with van der Waals surface area (Å²) in [7, 11) is 1.69. The molecule has 182 valence electrons. The maximum absolute atomic E-state index is 13.7. The quantitative estimate of drug-likeness (QED) is 0.445. The molecule has 0 N–H and O–H groups in total. The first-order chi connectivity index (χ1) is 16.4. The molecule has 2 aromatic rings. The average molecular weight is 465 g/mol. The van der Waals surface area contributed by atoms with Crippen molar-refractivity contribution in [2.45, 2.75) is 84.1 Å². The number of nitrogens with zero attached hydrogens (tertiary/aromatic N) is 2. The van der Waals surface area contributed by atoms with E-state index in [1.54, 1.807) is 31.3 Å². The molecule has 0 radical (unpaired) electrons. The molecule has 1 fully saturated rings. The zero-order valence-corrected chi connectivity index (χ0v) is 20.5. The highest BCUT2D eigenvalue weighted by Crippen LogP contribution is 2.28. The van der Waals surface area contributed by atoms with E-state index < -0.39 is 5.97 Å². The molecule has 0 spiro atoms. The van der Waals surface area contributed by atoms with Crippen LogP contribution in [0.1, 0.15) is 86.3 Å². The van der Waals surface area contributed by atoms with Gasteiger partial charge in [-0.3, -0.25) is 14.4 Å². The largest absolute Gasteiger partial charge is 0.427 e. The topological polar surface area (TPSA) is 68.6 Å². The number of anilines is 1. The molecule has 1 saturated carbocycles. The fraction of sp³-hybridized carbons (Fsp3) is 0.536. The van der Waals surface area contributed by atoms with Crippen LogP contribution in [-0.2, 0) is 24.2 Å². The van der Waals surface area contributed by atoms with Crippen molar-refractivity contribution < 1.29 is 14.3 Å². The Kier molecular flexibility index (Phi) is 7.86. The Morgan fingerprint density at radius 2 is 1.62 bits per heavy atom. The Balaban J connectivity index is 1.67. The minimum Gasteiger partial charge on any atom is -0.427 e. The summed E-state index contributed by atoms with van der Waals surface area (Å²) in [4.78, 5) is 39.9. The highest BCUT2D eigenvalue weighted by Gasteiger charge is 2.25. The molecule has 0 unspecified atom stereocenters. The van der Waals surface area contributed by atoms with Gasteiger partial charge in [0.25, 0.3) is 11.5 Å². The van der Waals surface area contributed by atoms with Crippen LogP contribution in [0.2, 0.25) is 0 Å². The van der Waals surface area contributed by atoms with Gasteiger partial charge in [-0.1, -0.05) is 32.1 Å². The third-order valence-electron chi connectivity index (χ3n) is 7.29. The number of carbonyl (C=O) groups excluding carboxylic acids is 2. The van der Waals surface area contributed by atoms with E-state index in [0.717, 1.165) is 56.3 Å². The van der Waals surface area contributed by atoms with Crippen molar-refractivity contribution in [1.29, 1.82) is 0 Å². The summed E-state index contributed by atoms with van der Waals surface area (Å²) in [6.07, 6.45) is 12.5. The second kappa shape index (κ2) is 11.0. The number of ether oxygens (including phenoxy) is 1. The lowest BCUT2D eigenvalue weighted by Crippen LogP contribution is -2.37. The number of rotatable bonds is 5. The van der Waals surface area contributed by atoms with Crippen LogP contribution in [0.4, 0.5) is 5.69 Å². The second-order valence-corrected chi connectivity index (χ2v) is 9.82. The Bertz CT molecular complexity index is 1080. The smallest absolute Gasteiger partial charge is 0.308 e. The summed E-state index contributed by atoms with van der Waals surface area (Å²) in [6.45, 7) is 2.07. The van der Waals surface area contributed by atoms with Crippen LogP contribution >= 0.6 is 0 Å². The van der Waals surface area contributed by atoms with Crippen molar-refractivity contribution in [2.75, 3.05) is 11.9 Å². The van der Waals surface area contributed by atoms with E-state index in [2.05, 4.69) is 0 Å². The summed E-state index contributed by atoms with van der Waals surface area (Å²) >= 11 is 0. The second-order valence-electron chi connectivity index (χ2n) is 9.82. The highest BCUT2D eigenvalue weighted by atomic mass is 16.5. The summed E-state index contributed by atoms with van der Waals surface area (Å²) in [5.41, 5.74) is 3.06. The number of fused-ring (bicyclic) bond motifs is 1. The van der Waals surface area contributed by atoms with E-state index in [1.807, 2.05) is 10.6 Å². The number of hydrogen-bond acceptors (Lipinski definition) is 4. The Morgan fingerprint density at radius 1 is 0.971 bits per heavy atom. The zero-order valence-electron chi connectivity index (χ0n) is 20.5. The van der Waals surface area contributed by atoms with Gasteiger partial charge in [-0.05, 0) is 80.3 Å². The normalized spacial score (nSPS) is 16.8. The SMILES string of the molecule is CC(=O)Oc1ccc(N(C)C(=O)c2cc3c(n(CC4CCCCC4)c2=O)CCCCCC3)cc1. The minimum absolute atomic E-state index is 0.154. The van der Waals surface area contributed by atoms with Crippen molar-refractivity contribution in [1.82, 2.24) is 4.57 Å². The molecule has 34 heavy (non-hydrogen) atoms. The van der Waals surface area contributed by atoms with E-state index in [9.17, 15) is 14.4 Å². The number of pyridine rings is 1. The fourth-order valence-electron chi connectivity index (χ4n) is 5.41.